The quantitative estimate of drug-likeness (QED) is 0.188. The molecule has 0 aliphatic carbocycles. The first kappa shape index (κ1) is 36.5. The van der Waals surface area contributed by atoms with Crippen molar-refractivity contribution in [3.05, 3.63) is 58.8 Å². The van der Waals surface area contributed by atoms with Gasteiger partial charge in [0.15, 0.2) is 11.5 Å². The van der Waals surface area contributed by atoms with Gasteiger partial charge < -0.3 is 30.7 Å². The van der Waals surface area contributed by atoms with Crippen LogP contribution in [0.15, 0.2) is 41.5 Å². The molecule has 0 radical (unpaired) electrons. The van der Waals surface area contributed by atoms with Gasteiger partial charge in [-0.05, 0) is 82.6 Å². The summed E-state index contributed by atoms with van der Waals surface area (Å²) in [6.07, 6.45) is 5.50. The highest BCUT2D eigenvalue weighted by molar-refractivity contribution is 6.11. The molecule has 8 heteroatoms. The van der Waals surface area contributed by atoms with Crippen molar-refractivity contribution < 1.29 is 14.3 Å². The van der Waals surface area contributed by atoms with Crippen LogP contribution in [0.2, 0.25) is 0 Å². The zero-order valence-corrected chi connectivity index (χ0v) is 27.6. The minimum Gasteiger partial charge on any atom is -0.493 e. The molecule has 0 fully saturated rings. The lowest BCUT2D eigenvalue weighted by molar-refractivity contribution is 0.0939. The summed E-state index contributed by atoms with van der Waals surface area (Å²) < 4.78 is 11.8. The predicted molar refractivity (Wildman–Crippen MR) is 179 cm³/mol. The zero-order chi connectivity index (χ0) is 31.7. The molecule has 42 heavy (non-hydrogen) atoms. The molecule has 2 rings (SSSR count). The largest absolute Gasteiger partial charge is 0.493 e. The molecule has 1 unspecified atom stereocenters. The molecule has 2 aromatic carbocycles. The number of rotatable bonds is 16. The summed E-state index contributed by atoms with van der Waals surface area (Å²) in [6.45, 7) is 20.2. The van der Waals surface area contributed by atoms with E-state index in [1.54, 1.807) is 20.4 Å². The van der Waals surface area contributed by atoms with Crippen LogP contribution in [-0.4, -0.2) is 63.5 Å². The molecule has 1 atom stereocenters. The smallest absolute Gasteiger partial charge is 0.252 e. The van der Waals surface area contributed by atoms with Gasteiger partial charge in [0.2, 0.25) is 0 Å². The summed E-state index contributed by atoms with van der Waals surface area (Å²) in [5.41, 5.74) is 10.7. The number of aryl methyl sites for hydroxylation is 1. The van der Waals surface area contributed by atoms with Gasteiger partial charge in [0, 0.05) is 54.9 Å². The Balaban J connectivity index is 0.00000431. The van der Waals surface area contributed by atoms with Crippen LogP contribution in [0.1, 0.15) is 94.4 Å². The normalized spacial score (nSPS) is 12.2. The van der Waals surface area contributed by atoms with Crippen molar-refractivity contribution in [2.45, 2.75) is 80.4 Å². The van der Waals surface area contributed by atoms with Gasteiger partial charge in [-0.1, -0.05) is 40.2 Å². The van der Waals surface area contributed by atoms with E-state index in [1.165, 1.54) is 19.0 Å². The van der Waals surface area contributed by atoms with Gasteiger partial charge in [-0.15, -0.1) is 0 Å². The van der Waals surface area contributed by atoms with Crippen molar-refractivity contribution in [1.82, 2.24) is 10.2 Å². The average Bonchev–Trinajstić information content (AvgIpc) is 2.99. The van der Waals surface area contributed by atoms with Gasteiger partial charge in [-0.2, -0.15) is 0 Å². The number of carbonyl (C=O) groups is 1. The number of nitrogens with zero attached hydrogens (tertiary/aromatic N) is 2. The molecule has 4 N–H and O–H groups in total. The Morgan fingerprint density at radius 3 is 2.38 bits per heavy atom. The minimum absolute atomic E-state index is 0.0709. The summed E-state index contributed by atoms with van der Waals surface area (Å²) in [5, 5.41) is 6.65. The molecule has 1 amide bonds. The van der Waals surface area contributed by atoms with Crippen LogP contribution in [-0.2, 0) is 0 Å². The number of carbonyl (C=O) groups excluding carboxylic acids is 1. The van der Waals surface area contributed by atoms with Gasteiger partial charge in [-0.25, -0.2) is 0 Å². The topological polar surface area (TPSA) is 101 Å². The van der Waals surface area contributed by atoms with E-state index in [0.29, 0.717) is 22.6 Å². The number of aliphatic imine (C=N–C) groups is 1. The number of amides is 1. The Labute approximate surface area is 254 Å². The third kappa shape index (κ3) is 11.0. The summed E-state index contributed by atoms with van der Waals surface area (Å²) in [4.78, 5) is 20.0. The second-order valence-corrected chi connectivity index (χ2v) is 10.2. The van der Waals surface area contributed by atoms with Crippen LogP contribution >= 0.6 is 0 Å². The highest BCUT2D eigenvalue weighted by Gasteiger charge is 2.21. The molecule has 0 heterocycles. The Morgan fingerprint density at radius 2 is 1.81 bits per heavy atom. The molecule has 2 aromatic rings. The molecular formula is C34H55N5O3. The van der Waals surface area contributed by atoms with Gasteiger partial charge in [0.25, 0.3) is 5.91 Å². The maximum Gasteiger partial charge on any atom is 0.252 e. The van der Waals surface area contributed by atoms with Crippen LogP contribution < -0.4 is 25.8 Å². The van der Waals surface area contributed by atoms with Gasteiger partial charge >= 0.3 is 0 Å². The standard InChI is InChI=1S/C32H49N5O3.C2H6/c1-9-11-15-37(10-2)16-14-35-27-13-12-23(5)28(19-27)32(38)36-24(6)25-17-29(26(20-33)21-34-7)31(40-22(3)4)30(18-25)39-8;1-2/h12-13,17-22,24,35H,9-11,14-16,33H2,1-8H3,(H,36,38);1-2H3/b26-20+,34-21?;. The van der Waals surface area contributed by atoms with Crippen molar-refractivity contribution in [3.63, 3.8) is 0 Å². The molecule has 0 spiro atoms. The Kier molecular flexibility index (Phi) is 17.0. The molecule has 0 saturated heterocycles. The molecule has 0 saturated carbocycles. The fourth-order valence-electron chi connectivity index (χ4n) is 4.44. The molecule has 8 nitrogen and oxygen atoms in total. The molecule has 234 valence electrons. The molecule has 0 aliphatic rings. The lowest BCUT2D eigenvalue weighted by Crippen LogP contribution is -2.30. The highest BCUT2D eigenvalue weighted by atomic mass is 16.5. The van der Waals surface area contributed by atoms with Crippen LogP contribution in [0, 0.1) is 6.92 Å². The number of allylic oxidation sites excluding steroid dienone is 1. The number of hydrogen-bond acceptors (Lipinski definition) is 7. The SMILES string of the molecule is CC.CCCCN(CC)CCNc1ccc(C)c(C(=O)NC(C)c2cc(OC)c(OC(C)C)c(/C(C=NC)=C/N)c2)c1. The monoisotopic (exact) mass is 581 g/mol. The van der Waals surface area contributed by atoms with Crippen molar-refractivity contribution in [1.29, 1.82) is 0 Å². The van der Waals surface area contributed by atoms with E-state index in [1.807, 2.05) is 71.9 Å². The molecule has 0 aliphatic heterocycles. The zero-order valence-electron chi connectivity index (χ0n) is 27.6. The number of ether oxygens (including phenoxy) is 2. The lowest BCUT2D eigenvalue weighted by atomic mass is 9.98. The Hall–Kier alpha value is -3.52. The van der Waals surface area contributed by atoms with Gasteiger partial charge in [0.05, 0.1) is 19.3 Å². The Bertz CT molecular complexity index is 1160. The number of nitrogens with one attached hydrogen (secondary N) is 2. The highest BCUT2D eigenvalue weighted by Crippen LogP contribution is 2.38. The van der Waals surface area contributed by atoms with Crippen LogP contribution in [0.25, 0.3) is 5.57 Å². The van der Waals surface area contributed by atoms with Gasteiger partial charge in [0.1, 0.15) is 0 Å². The van der Waals surface area contributed by atoms with Crippen LogP contribution in [0.5, 0.6) is 11.5 Å². The second-order valence-electron chi connectivity index (χ2n) is 10.2. The molecule has 0 aromatic heterocycles. The van der Waals surface area contributed by atoms with Crippen molar-refractivity contribution in [3.8, 4) is 11.5 Å². The Morgan fingerprint density at radius 1 is 1.10 bits per heavy atom. The van der Waals surface area contributed by atoms with E-state index in [2.05, 4.69) is 34.4 Å². The summed E-state index contributed by atoms with van der Waals surface area (Å²) >= 11 is 0. The first-order valence-corrected chi connectivity index (χ1v) is 15.3. The lowest BCUT2D eigenvalue weighted by Gasteiger charge is -2.22. The fourth-order valence-corrected chi connectivity index (χ4v) is 4.44. The summed E-state index contributed by atoms with van der Waals surface area (Å²) in [7, 11) is 3.29. The van der Waals surface area contributed by atoms with E-state index >= 15 is 0 Å². The van der Waals surface area contributed by atoms with E-state index in [0.717, 1.165) is 48.6 Å². The predicted octanol–water partition coefficient (Wildman–Crippen LogP) is 6.84. The number of benzene rings is 2. The first-order valence-electron chi connectivity index (χ1n) is 15.3. The van der Waals surface area contributed by atoms with Crippen molar-refractivity contribution >= 4 is 23.4 Å². The second kappa shape index (κ2) is 19.6. The summed E-state index contributed by atoms with van der Waals surface area (Å²) in [5.74, 6) is 1.01. The third-order valence-electron chi connectivity index (χ3n) is 6.77. The third-order valence-corrected chi connectivity index (χ3v) is 6.77. The maximum absolute atomic E-state index is 13.4. The van der Waals surface area contributed by atoms with E-state index < -0.39 is 0 Å². The van der Waals surface area contributed by atoms with Crippen molar-refractivity contribution in [2.24, 2.45) is 10.7 Å². The van der Waals surface area contributed by atoms with Crippen LogP contribution in [0.4, 0.5) is 5.69 Å². The summed E-state index contributed by atoms with van der Waals surface area (Å²) in [6, 6.07) is 9.49. The number of likely N-dealkylation sites (N-methyl/N-ethyl adjacent to an activating group) is 1. The van der Waals surface area contributed by atoms with E-state index in [-0.39, 0.29) is 18.1 Å². The molecular weight excluding hydrogens is 526 g/mol. The van der Waals surface area contributed by atoms with Gasteiger partial charge in [-0.3, -0.25) is 9.79 Å². The number of nitrogens with two attached hydrogens (primary N) is 1. The first-order chi connectivity index (χ1) is 20.2. The minimum atomic E-state index is -0.307. The number of anilines is 1. The van der Waals surface area contributed by atoms with E-state index in [9.17, 15) is 4.79 Å². The van der Waals surface area contributed by atoms with E-state index in [4.69, 9.17) is 15.2 Å². The average molecular weight is 582 g/mol. The van der Waals surface area contributed by atoms with Crippen LogP contribution in [0.3, 0.4) is 0 Å². The number of unbranched alkanes of at least 4 members (excludes halogenated alkanes) is 1. The fraction of sp³-hybridized carbons (Fsp3) is 0.529. The maximum atomic E-state index is 13.4. The number of methoxy groups -OCH3 is 1. The number of hydrogen-bond donors (Lipinski definition) is 3. The molecule has 0 bridgehead atoms. The van der Waals surface area contributed by atoms with Crippen molar-refractivity contribution in [2.75, 3.05) is 45.7 Å².